The first-order valence-corrected chi connectivity index (χ1v) is 15.0. The first-order valence-electron chi connectivity index (χ1n) is 15.0. The van der Waals surface area contributed by atoms with Crippen molar-refractivity contribution in [3.63, 3.8) is 0 Å². The van der Waals surface area contributed by atoms with Crippen molar-refractivity contribution >= 4 is 5.91 Å². The zero-order chi connectivity index (χ0) is 23.5. The molecular weight excluding hydrogens is 434 g/mol. The molecule has 0 radical (unpaired) electrons. The molecule has 4 bridgehead atoms. The van der Waals surface area contributed by atoms with Gasteiger partial charge in [0.05, 0.1) is 0 Å². The van der Waals surface area contributed by atoms with Gasteiger partial charge in [-0.15, -0.1) is 0 Å². The van der Waals surface area contributed by atoms with Crippen molar-refractivity contribution in [1.82, 2.24) is 24.5 Å². The highest BCUT2D eigenvalue weighted by atomic mass is 16.2. The SMILES string of the molecule is CCn1nc(C(=O)N2CCCCC2)c2c1CCC(N1CCN(C3C4CC5CC(C4)CC3C5)CC1)C2. The van der Waals surface area contributed by atoms with E-state index in [1.165, 1.54) is 76.0 Å². The lowest BCUT2D eigenvalue weighted by atomic mass is 9.54. The molecular formula is C29H45N5O. The van der Waals surface area contributed by atoms with Crippen molar-refractivity contribution in [3.8, 4) is 0 Å². The Bertz CT molecular complexity index is 913. The molecule has 4 saturated carbocycles. The molecule has 2 aliphatic heterocycles. The van der Waals surface area contributed by atoms with Gasteiger partial charge in [0.2, 0.25) is 0 Å². The molecule has 5 aliphatic carbocycles. The van der Waals surface area contributed by atoms with E-state index in [2.05, 4.69) is 26.3 Å². The molecule has 6 heteroatoms. The van der Waals surface area contributed by atoms with Gasteiger partial charge in [0.25, 0.3) is 5.91 Å². The van der Waals surface area contributed by atoms with Crippen molar-refractivity contribution in [2.24, 2.45) is 23.7 Å². The van der Waals surface area contributed by atoms with E-state index in [-0.39, 0.29) is 5.91 Å². The third kappa shape index (κ3) is 3.98. The second-order valence-corrected chi connectivity index (χ2v) is 12.8. The smallest absolute Gasteiger partial charge is 0.274 e. The van der Waals surface area contributed by atoms with Gasteiger partial charge in [-0.2, -0.15) is 5.10 Å². The number of rotatable bonds is 4. The fourth-order valence-electron chi connectivity index (χ4n) is 9.55. The van der Waals surface area contributed by atoms with E-state index in [1.807, 2.05) is 0 Å². The first kappa shape index (κ1) is 22.8. The van der Waals surface area contributed by atoms with Gasteiger partial charge in [0.15, 0.2) is 5.69 Å². The molecule has 35 heavy (non-hydrogen) atoms. The minimum Gasteiger partial charge on any atom is -0.337 e. The average molecular weight is 480 g/mol. The summed E-state index contributed by atoms with van der Waals surface area (Å²) in [4.78, 5) is 21.2. The van der Waals surface area contributed by atoms with Crippen molar-refractivity contribution in [1.29, 1.82) is 0 Å². The van der Waals surface area contributed by atoms with Gasteiger partial charge in [-0.05, 0) is 101 Å². The van der Waals surface area contributed by atoms with Crippen LogP contribution in [-0.4, -0.2) is 81.7 Å². The summed E-state index contributed by atoms with van der Waals surface area (Å²) in [5.74, 6) is 4.33. The van der Waals surface area contributed by atoms with Gasteiger partial charge in [-0.3, -0.25) is 19.3 Å². The maximum atomic E-state index is 13.5. The van der Waals surface area contributed by atoms with Crippen LogP contribution in [-0.2, 0) is 19.4 Å². The van der Waals surface area contributed by atoms with E-state index >= 15 is 0 Å². The zero-order valence-electron chi connectivity index (χ0n) is 21.8. The second kappa shape index (κ2) is 9.16. The predicted molar refractivity (Wildman–Crippen MR) is 137 cm³/mol. The molecule has 1 aromatic rings. The van der Waals surface area contributed by atoms with Gasteiger partial charge in [-0.25, -0.2) is 0 Å². The summed E-state index contributed by atoms with van der Waals surface area (Å²) < 4.78 is 2.13. The summed E-state index contributed by atoms with van der Waals surface area (Å²) in [6.45, 7) is 9.77. The van der Waals surface area contributed by atoms with Crippen LogP contribution in [0.4, 0.5) is 0 Å². The summed E-state index contributed by atoms with van der Waals surface area (Å²) in [5, 5.41) is 4.88. The molecule has 1 amide bonds. The van der Waals surface area contributed by atoms with Crippen molar-refractivity contribution in [2.45, 2.75) is 96.2 Å². The van der Waals surface area contributed by atoms with Crippen LogP contribution in [0.15, 0.2) is 0 Å². The number of piperidine rings is 1. The Hall–Kier alpha value is -1.40. The molecule has 1 aromatic heterocycles. The monoisotopic (exact) mass is 479 g/mol. The largest absolute Gasteiger partial charge is 0.337 e. The number of amides is 1. The maximum absolute atomic E-state index is 13.5. The third-order valence-corrected chi connectivity index (χ3v) is 10.9. The van der Waals surface area contributed by atoms with Gasteiger partial charge in [-0.1, -0.05) is 0 Å². The standard InChI is InChI=1S/C29H45N5O/c1-2-34-26-7-6-24(19-25(26)27(30-34)29(35)33-8-4-3-5-9-33)31-10-12-32(13-11-31)28-22-15-20-14-21(17-22)18-23(28)16-20/h20-24,28H,2-19H2,1H3. The van der Waals surface area contributed by atoms with Gasteiger partial charge in [0, 0.05) is 69.2 Å². The molecule has 1 unspecified atom stereocenters. The first-order chi connectivity index (χ1) is 17.2. The average Bonchev–Trinajstić information content (AvgIpc) is 3.26. The molecule has 192 valence electrons. The van der Waals surface area contributed by atoms with Gasteiger partial charge in [0.1, 0.15) is 0 Å². The van der Waals surface area contributed by atoms with Crippen LogP contribution in [0, 0.1) is 23.7 Å². The molecule has 1 atom stereocenters. The molecule has 3 heterocycles. The van der Waals surface area contributed by atoms with Crippen LogP contribution >= 0.6 is 0 Å². The fourth-order valence-corrected chi connectivity index (χ4v) is 9.55. The number of piperazine rings is 1. The lowest BCUT2D eigenvalue weighted by molar-refractivity contribution is -0.0794. The number of nitrogens with zero attached hydrogens (tertiary/aromatic N) is 5. The molecule has 0 spiro atoms. The maximum Gasteiger partial charge on any atom is 0.274 e. The number of carbonyl (C=O) groups excluding carboxylic acids is 1. The zero-order valence-corrected chi connectivity index (χ0v) is 21.8. The van der Waals surface area contributed by atoms with Crippen LogP contribution in [0.25, 0.3) is 0 Å². The molecule has 0 N–H and O–H groups in total. The molecule has 6 nitrogen and oxygen atoms in total. The lowest BCUT2D eigenvalue weighted by Gasteiger charge is -2.58. The Kier molecular flexibility index (Phi) is 5.96. The van der Waals surface area contributed by atoms with E-state index < -0.39 is 0 Å². The van der Waals surface area contributed by atoms with Crippen molar-refractivity contribution < 1.29 is 4.79 Å². The van der Waals surface area contributed by atoms with E-state index in [9.17, 15) is 4.79 Å². The van der Waals surface area contributed by atoms with Crippen molar-refractivity contribution in [3.05, 3.63) is 17.0 Å². The van der Waals surface area contributed by atoms with Crippen molar-refractivity contribution in [2.75, 3.05) is 39.3 Å². The molecule has 8 rings (SSSR count). The van der Waals surface area contributed by atoms with Gasteiger partial charge >= 0.3 is 0 Å². The Labute approximate surface area is 211 Å². The number of aryl methyl sites for hydroxylation is 1. The third-order valence-electron chi connectivity index (χ3n) is 10.9. The molecule has 7 aliphatic rings. The molecule has 2 saturated heterocycles. The van der Waals surface area contributed by atoms with Crippen LogP contribution in [0.1, 0.15) is 86.5 Å². The van der Waals surface area contributed by atoms with Gasteiger partial charge < -0.3 is 4.90 Å². The van der Waals surface area contributed by atoms with E-state index in [0.29, 0.717) is 6.04 Å². The Morgan fingerprint density at radius 1 is 0.857 bits per heavy atom. The summed E-state index contributed by atoms with van der Waals surface area (Å²) in [5.41, 5.74) is 3.40. The number of aromatic nitrogens is 2. The van der Waals surface area contributed by atoms with E-state index in [1.54, 1.807) is 6.42 Å². The molecule has 6 fully saturated rings. The summed E-state index contributed by atoms with van der Waals surface area (Å²) >= 11 is 0. The summed E-state index contributed by atoms with van der Waals surface area (Å²) in [6, 6.07) is 1.46. The number of hydrogen-bond acceptors (Lipinski definition) is 4. The predicted octanol–water partition coefficient (Wildman–Crippen LogP) is 3.83. The number of carbonyl (C=O) groups is 1. The van der Waals surface area contributed by atoms with Crippen LogP contribution in [0.5, 0.6) is 0 Å². The quantitative estimate of drug-likeness (QED) is 0.659. The topological polar surface area (TPSA) is 44.6 Å². The number of likely N-dealkylation sites (tertiary alicyclic amines) is 1. The number of hydrogen-bond donors (Lipinski definition) is 0. The van der Waals surface area contributed by atoms with Crippen LogP contribution in [0.2, 0.25) is 0 Å². The Morgan fingerprint density at radius 2 is 1.51 bits per heavy atom. The highest BCUT2D eigenvalue weighted by molar-refractivity contribution is 5.94. The second-order valence-electron chi connectivity index (χ2n) is 12.8. The van der Waals surface area contributed by atoms with Crippen LogP contribution < -0.4 is 0 Å². The lowest BCUT2D eigenvalue weighted by Crippen LogP contribution is -2.61. The molecule has 0 aromatic carbocycles. The van der Waals surface area contributed by atoms with E-state index in [4.69, 9.17) is 5.10 Å². The van der Waals surface area contributed by atoms with E-state index in [0.717, 1.165) is 80.7 Å². The Morgan fingerprint density at radius 3 is 2.17 bits per heavy atom. The number of fused-ring (bicyclic) bond motifs is 1. The highest BCUT2D eigenvalue weighted by Gasteiger charge is 2.50. The summed E-state index contributed by atoms with van der Waals surface area (Å²) in [6.07, 6.45) is 14.5. The minimum atomic E-state index is 0.195. The Balaban J connectivity index is 1.03. The normalized spacial score (nSPS) is 37.6. The summed E-state index contributed by atoms with van der Waals surface area (Å²) in [7, 11) is 0. The minimum absolute atomic E-state index is 0.195. The van der Waals surface area contributed by atoms with Crippen LogP contribution in [0.3, 0.4) is 0 Å². The fraction of sp³-hybridized carbons (Fsp3) is 0.862. The highest BCUT2D eigenvalue weighted by Crippen LogP contribution is 2.55.